The molecule has 1 rings (SSSR count). The van der Waals surface area contributed by atoms with E-state index in [0.717, 1.165) is 4.34 Å². The van der Waals surface area contributed by atoms with E-state index in [1.54, 1.807) is 11.3 Å². The molecule has 0 aliphatic rings. The molecule has 0 saturated carbocycles. The maximum absolute atomic E-state index is 4.11. The van der Waals surface area contributed by atoms with Gasteiger partial charge in [0.2, 0.25) is 0 Å². The lowest BCUT2D eigenvalue weighted by Gasteiger charge is -1.94. The van der Waals surface area contributed by atoms with Crippen LogP contribution in [0.25, 0.3) is 0 Å². The number of rotatable bonds is 1. The average Bonchev–Trinajstić information content (AvgIpc) is 2.14. The molecule has 50 valence electrons. The Morgan fingerprint density at radius 2 is 2.33 bits per heavy atom. The summed E-state index contributed by atoms with van der Waals surface area (Å²) < 4.78 is 0.860. The Balaban J connectivity index is 2.85. The van der Waals surface area contributed by atoms with E-state index in [1.807, 2.05) is 6.20 Å². The quantitative estimate of drug-likeness (QED) is 0.621. The first-order valence-corrected chi connectivity index (χ1v) is 4.11. The summed E-state index contributed by atoms with van der Waals surface area (Å²) >= 11 is 5.76. The average molecular weight is 159 g/mol. The number of thiol groups is 1. The number of aromatic nitrogens is 1. The molecule has 1 aromatic rings. The molecule has 9 heavy (non-hydrogen) atoms. The molecule has 1 aromatic heterocycles. The van der Waals surface area contributed by atoms with Gasteiger partial charge in [0.25, 0.3) is 0 Å². The first kappa shape index (κ1) is 7.09. The highest BCUT2D eigenvalue weighted by atomic mass is 32.2. The fourth-order valence-corrected chi connectivity index (χ4v) is 1.58. The van der Waals surface area contributed by atoms with E-state index in [4.69, 9.17) is 0 Å². The van der Waals surface area contributed by atoms with Gasteiger partial charge in [0, 0.05) is 11.1 Å². The molecule has 0 spiro atoms. The summed E-state index contributed by atoms with van der Waals surface area (Å²) in [6.07, 6.45) is 1.89. The van der Waals surface area contributed by atoms with Crippen molar-refractivity contribution >= 4 is 24.0 Å². The Bertz CT molecular complexity index is 193. The topological polar surface area (TPSA) is 12.9 Å². The largest absolute Gasteiger partial charge is 0.238 e. The number of hydrogen-bond donors (Lipinski definition) is 1. The fourth-order valence-electron chi connectivity index (χ4n) is 0.544. The van der Waals surface area contributed by atoms with Crippen LogP contribution in [0.5, 0.6) is 0 Å². The minimum Gasteiger partial charge on any atom is -0.238 e. The van der Waals surface area contributed by atoms with Crippen molar-refractivity contribution in [2.24, 2.45) is 0 Å². The van der Waals surface area contributed by atoms with Crippen molar-refractivity contribution in [3.63, 3.8) is 0 Å². The van der Waals surface area contributed by atoms with Crippen molar-refractivity contribution < 1.29 is 0 Å². The van der Waals surface area contributed by atoms with Crippen molar-refractivity contribution in [2.45, 2.75) is 24.1 Å². The van der Waals surface area contributed by atoms with E-state index < -0.39 is 0 Å². The van der Waals surface area contributed by atoms with Crippen LogP contribution in [0.3, 0.4) is 0 Å². The van der Waals surface area contributed by atoms with Crippen molar-refractivity contribution in [3.8, 4) is 0 Å². The molecule has 0 aromatic carbocycles. The lowest BCUT2D eigenvalue weighted by Crippen LogP contribution is -1.77. The zero-order valence-electron chi connectivity index (χ0n) is 5.46. The lowest BCUT2D eigenvalue weighted by atomic mass is 10.2. The molecule has 1 heterocycles. The third-order valence-corrected chi connectivity index (χ3v) is 2.57. The van der Waals surface area contributed by atoms with Gasteiger partial charge in [-0.05, 0) is 5.92 Å². The SMILES string of the molecule is CC(C)c1cnc(S)s1. The third kappa shape index (κ3) is 1.69. The van der Waals surface area contributed by atoms with Crippen LogP contribution in [0.4, 0.5) is 0 Å². The number of hydrogen-bond acceptors (Lipinski definition) is 3. The monoisotopic (exact) mass is 159 g/mol. The molecular formula is C6H9NS2. The Labute approximate surface area is 64.5 Å². The smallest absolute Gasteiger partial charge is 0.146 e. The summed E-state index contributed by atoms with van der Waals surface area (Å²) in [5, 5.41) is 0. The molecule has 0 aliphatic carbocycles. The molecule has 0 atom stereocenters. The van der Waals surface area contributed by atoms with Crippen molar-refractivity contribution in [3.05, 3.63) is 11.1 Å². The van der Waals surface area contributed by atoms with Gasteiger partial charge >= 0.3 is 0 Å². The van der Waals surface area contributed by atoms with E-state index in [9.17, 15) is 0 Å². The van der Waals surface area contributed by atoms with E-state index in [0.29, 0.717) is 5.92 Å². The molecule has 3 heteroatoms. The van der Waals surface area contributed by atoms with Crippen molar-refractivity contribution in [1.29, 1.82) is 0 Å². The predicted molar refractivity (Wildman–Crippen MR) is 43.5 cm³/mol. The first-order valence-electron chi connectivity index (χ1n) is 2.85. The zero-order valence-corrected chi connectivity index (χ0v) is 7.17. The molecule has 1 nitrogen and oxygen atoms in total. The molecular weight excluding hydrogens is 150 g/mol. The van der Waals surface area contributed by atoms with Crippen LogP contribution in [0.15, 0.2) is 10.5 Å². The highest BCUT2D eigenvalue weighted by Gasteiger charge is 2.01. The van der Waals surface area contributed by atoms with Gasteiger partial charge in [0.05, 0.1) is 0 Å². The van der Waals surface area contributed by atoms with Crippen LogP contribution in [-0.4, -0.2) is 4.98 Å². The van der Waals surface area contributed by atoms with Gasteiger partial charge in [0.15, 0.2) is 0 Å². The van der Waals surface area contributed by atoms with E-state index in [1.165, 1.54) is 4.88 Å². The van der Waals surface area contributed by atoms with Crippen LogP contribution in [0, 0.1) is 0 Å². The summed E-state index contributed by atoms with van der Waals surface area (Å²) in [6.45, 7) is 4.31. The van der Waals surface area contributed by atoms with Crippen LogP contribution in [0.1, 0.15) is 24.6 Å². The van der Waals surface area contributed by atoms with Crippen LogP contribution >= 0.6 is 24.0 Å². The van der Waals surface area contributed by atoms with E-state index in [-0.39, 0.29) is 0 Å². The van der Waals surface area contributed by atoms with Gasteiger partial charge in [-0.2, -0.15) is 0 Å². The fraction of sp³-hybridized carbons (Fsp3) is 0.500. The summed E-state index contributed by atoms with van der Waals surface area (Å²) in [6, 6.07) is 0. The van der Waals surface area contributed by atoms with E-state index >= 15 is 0 Å². The number of nitrogens with zero attached hydrogens (tertiary/aromatic N) is 1. The maximum atomic E-state index is 4.11. The van der Waals surface area contributed by atoms with Crippen LogP contribution in [-0.2, 0) is 0 Å². The van der Waals surface area contributed by atoms with Crippen LogP contribution in [0.2, 0.25) is 0 Å². The lowest BCUT2D eigenvalue weighted by molar-refractivity contribution is 0.885. The third-order valence-electron chi connectivity index (χ3n) is 1.08. The number of thiazole rings is 1. The highest BCUT2D eigenvalue weighted by molar-refractivity contribution is 7.82. The van der Waals surface area contributed by atoms with Crippen LogP contribution < -0.4 is 0 Å². The molecule has 0 N–H and O–H groups in total. The Hall–Kier alpha value is -0.0200. The van der Waals surface area contributed by atoms with Gasteiger partial charge in [-0.1, -0.05) is 13.8 Å². The molecule has 0 unspecified atom stereocenters. The summed E-state index contributed by atoms with van der Waals surface area (Å²) in [7, 11) is 0. The maximum Gasteiger partial charge on any atom is 0.146 e. The molecule has 0 saturated heterocycles. The normalized spacial score (nSPS) is 10.7. The second-order valence-corrected chi connectivity index (χ2v) is 3.99. The minimum absolute atomic E-state index is 0.586. The van der Waals surface area contributed by atoms with E-state index in [2.05, 4.69) is 31.5 Å². The Morgan fingerprint density at radius 1 is 1.67 bits per heavy atom. The summed E-state index contributed by atoms with van der Waals surface area (Å²) in [4.78, 5) is 5.33. The predicted octanol–water partition coefficient (Wildman–Crippen LogP) is 2.56. The molecule has 0 aliphatic heterocycles. The van der Waals surface area contributed by atoms with Gasteiger partial charge in [-0.25, -0.2) is 4.98 Å². The van der Waals surface area contributed by atoms with Crippen molar-refractivity contribution in [1.82, 2.24) is 4.98 Å². The second kappa shape index (κ2) is 2.71. The Morgan fingerprint density at radius 3 is 2.56 bits per heavy atom. The molecule has 0 amide bonds. The van der Waals surface area contributed by atoms with Gasteiger partial charge < -0.3 is 0 Å². The molecule has 0 bridgehead atoms. The minimum atomic E-state index is 0.586. The van der Waals surface area contributed by atoms with Gasteiger partial charge in [-0.15, -0.1) is 24.0 Å². The second-order valence-electron chi connectivity index (χ2n) is 2.20. The molecule has 0 fully saturated rings. The standard InChI is InChI=1S/C6H9NS2/c1-4(2)5-3-7-6(8)9-5/h3-4H,1-2H3,(H,7,8). The zero-order chi connectivity index (χ0) is 6.85. The first-order chi connectivity index (χ1) is 4.20. The Kier molecular flexibility index (Phi) is 2.13. The highest BCUT2D eigenvalue weighted by Crippen LogP contribution is 2.23. The summed E-state index contributed by atoms with van der Waals surface area (Å²) in [5.74, 6) is 0.586. The van der Waals surface area contributed by atoms with Gasteiger partial charge in [0.1, 0.15) is 4.34 Å². The van der Waals surface area contributed by atoms with Crippen molar-refractivity contribution in [2.75, 3.05) is 0 Å². The summed E-state index contributed by atoms with van der Waals surface area (Å²) in [5.41, 5.74) is 0. The van der Waals surface area contributed by atoms with Gasteiger partial charge in [-0.3, -0.25) is 0 Å². The molecule has 0 radical (unpaired) electrons.